The first kappa shape index (κ1) is 15.9. The van der Waals surface area contributed by atoms with Crippen molar-refractivity contribution in [2.24, 2.45) is 0 Å². The van der Waals surface area contributed by atoms with E-state index in [0.717, 1.165) is 0 Å². The van der Waals surface area contributed by atoms with E-state index in [1.807, 2.05) is 0 Å². The molecule has 1 aliphatic rings. The second-order valence-corrected chi connectivity index (χ2v) is 5.34. The van der Waals surface area contributed by atoms with E-state index < -0.39 is 21.6 Å². The Morgan fingerprint density at radius 3 is 2.50 bits per heavy atom. The number of likely N-dealkylation sites (tertiary alicyclic amines) is 1. The highest BCUT2D eigenvalue weighted by atomic mass is 16.6. The van der Waals surface area contributed by atoms with Crippen LogP contribution in [-0.2, 0) is 11.3 Å². The molecule has 8 heteroatoms. The molecule has 1 aromatic carbocycles. The predicted molar refractivity (Wildman–Crippen MR) is 75.1 cm³/mol. The van der Waals surface area contributed by atoms with Crippen molar-refractivity contribution >= 4 is 17.9 Å². The maximum absolute atomic E-state index is 12.2. The summed E-state index contributed by atoms with van der Waals surface area (Å²) in [6, 6.07) is 5.24. The summed E-state index contributed by atoms with van der Waals surface area (Å²) in [6.45, 7) is 1.82. The number of non-ortho nitro benzene ring substituents is 1. The fourth-order valence-corrected chi connectivity index (χ4v) is 2.68. The number of carbonyl (C=O) groups excluding carboxylic acids is 1. The molecule has 1 N–H and O–H groups in total. The Hall–Kier alpha value is -2.48. The number of carboxylic acid groups (broad SMARTS) is 1. The van der Waals surface area contributed by atoms with E-state index in [4.69, 9.17) is 4.74 Å². The van der Waals surface area contributed by atoms with E-state index in [1.54, 1.807) is 6.92 Å². The molecule has 0 spiro atoms. The van der Waals surface area contributed by atoms with Gasteiger partial charge in [-0.3, -0.25) is 10.1 Å². The number of ether oxygens (including phenoxy) is 1. The smallest absolute Gasteiger partial charge is 0.435 e. The number of amides is 2. The molecule has 1 heterocycles. The van der Waals surface area contributed by atoms with E-state index >= 15 is 0 Å². The molecule has 0 aromatic heterocycles. The number of nitro groups is 1. The molecule has 2 amide bonds. The van der Waals surface area contributed by atoms with Gasteiger partial charge in [-0.15, -0.1) is 4.48 Å². The SMILES string of the molecule is C[C@@H]1CCC[N+]1(C(=O)O)C(=O)OCc1ccc([N+](=O)[O-])cc1. The van der Waals surface area contributed by atoms with Gasteiger partial charge in [-0.1, -0.05) is 0 Å². The lowest BCUT2D eigenvalue weighted by Gasteiger charge is -2.27. The van der Waals surface area contributed by atoms with Crippen molar-refractivity contribution in [3.05, 3.63) is 39.9 Å². The fourth-order valence-electron chi connectivity index (χ4n) is 2.68. The van der Waals surface area contributed by atoms with Gasteiger partial charge in [0.25, 0.3) is 5.69 Å². The molecule has 1 fully saturated rings. The van der Waals surface area contributed by atoms with Crippen molar-refractivity contribution in [2.45, 2.75) is 32.4 Å². The molecule has 0 aliphatic carbocycles. The highest BCUT2D eigenvalue weighted by Crippen LogP contribution is 2.29. The number of imide groups is 1. The van der Waals surface area contributed by atoms with Crippen LogP contribution in [-0.4, -0.2) is 39.3 Å². The predicted octanol–water partition coefficient (Wildman–Crippen LogP) is 2.91. The topological polar surface area (TPSA) is 107 Å². The molecule has 1 saturated heterocycles. The van der Waals surface area contributed by atoms with Crippen molar-refractivity contribution in [3.63, 3.8) is 0 Å². The monoisotopic (exact) mass is 309 g/mol. The fraction of sp³-hybridized carbons (Fsp3) is 0.429. The van der Waals surface area contributed by atoms with Gasteiger partial charge >= 0.3 is 12.2 Å². The van der Waals surface area contributed by atoms with E-state index in [9.17, 15) is 24.8 Å². The zero-order valence-corrected chi connectivity index (χ0v) is 12.1. The lowest BCUT2D eigenvalue weighted by molar-refractivity contribution is -0.795. The molecule has 0 saturated carbocycles. The van der Waals surface area contributed by atoms with Gasteiger partial charge in [0.05, 0.1) is 4.92 Å². The lowest BCUT2D eigenvalue weighted by atomic mass is 10.2. The highest BCUT2D eigenvalue weighted by molar-refractivity contribution is 5.75. The largest absolute Gasteiger partial charge is 0.527 e. The second-order valence-electron chi connectivity index (χ2n) is 5.34. The Bertz CT molecular complexity index is 600. The third kappa shape index (κ3) is 2.77. The molecular weight excluding hydrogens is 292 g/mol. The molecular formula is C14H17N2O6+. The summed E-state index contributed by atoms with van der Waals surface area (Å²) in [4.78, 5) is 33.8. The van der Waals surface area contributed by atoms with E-state index in [2.05, 4.69) is 0 Å². The Morgan fingerprint density at radius 1 is 1.41 bits per heavy atom. The molecule has 0 bridgehead atoms. The summed E-state index contributed by atoms with van der Waals surface area (Å²) >= 11 is 0. The van der Waals surface area contributed by atoms with Gasteiger partial charge in [-0.25, -0.2) is 0 Å². The summed E-state index contributed by atoms with van der Waals surface area (Å²) in [5.41, 5.74) is 0.506. The first-order valence-electron chi connectivity index (χ1n) is 6.90. The minimum absolute atomic E-state index is 0.0581. The molecule has 1 aromatic rings. The number of rotatable bonds is 3. The third-order valence-electron chi connectivity index (χ3n) is 4.06. The molecule has 2 atom stereocenters. The van der Waals surface area contributed by atoms with Gasteiger partial charge in [-0.2, -0.15) is 9.59 Å². The van der Waals surface area contributed by atoms with Crippen molar-refractivity contribution < 1.29 is 28.8 Å². The quantitative estimate of drug-likeness (QED) is 0.522. The van der Waals surface area contributed by atoms with Crippen molar-refractivity contribution in [1.29, 1.82) is 0 Å². The Balaban J connectivity index is 2.05. The van der Waals surface area contributed by atoms with Crippen LogP contribution in [0.5, 0.6) is 0 Å². The third-order valence-corrected chi connectivity index (χ3v) is 4.06. The average Bonchev–Trinajstić information content (AvgIpc) is 2.88. The summed E-state index contributed by atoms with van der Waals surface area (Å²) in [7, 11) is 0. The molecule has 2 rings (SSSR count). The number of nitro benzene ring substituents is 1. The van der Waals surface area contributed by atoms with E-state index in [1.165, 1.54) is 24.3 Å². The Morgan fingerprint density at radius 2 is 2.05 bits per heavy atom. The maximum Gasteiger partial charge on any atom is 0.527 e. The van der Waals surface area contributed by atoms with Crippen LogP contribution in [0.4, 0.5) is 15.3 Å². The lowest BCUT2D eigenvalue weighted by Crippen LogP contribution is -2.58. The molecule has 1 unspecified atom stereocenters. The Labute approximate surface area is 126 Å². The number of benzene rings is 1. The van der Waals surface area contributed by atoms with Crippen LogP contribution in [0.3, 0.4) is 0 Å². The van der Waals surface area contributed by atoms with Gasteiger partial charge in [-0.05, 0) is 24.6 Å². The zero-order valence-electron chi connectivity index (χ0n) is 12.1. The van der Waals surface area contributed by atoms with Crippen LogP contribution < -0.4 is 0 Å². The van der Waals surface area contributed by atoms with Gasteiger partial charge in [0, 0.05) is 25.0 Å². The molecule has 8 nitrogen and oxygen atoms in total. The molecule has 1 aliphatic heterocycles. The number of hydrogen-bond donors (Lipinski definition) is 1. The number of carbonyl (C=O) groups is 2. The van der Waals surface area contributed by atoms with Crippen LogP contribution in [0.25, 0.3) is 0 Å². The maximum atomic E-state index is 12.2. The average molecular weight is 309 g/mol. The van der Waals surface area contributed by atoms with Crippen LogP contribution in [0.15, 0.2) is 24.3 Å². The normalized spacial score (nSPS) is 24.0. The van der Waals surface area contributed by atoms with Gasteiger partial charge in [0.2, 0.25) is 0 Å². The van der Waals surface area contributed by atoms with Crippen molar-refractivity contribution in [1.82, 2.24) is 0 Å². The number of nitrogens with zero attached hydrogens (tertiary/aromatic N) is 2. The van der Waals surface area contributed by atoms with Crippen LogP contribution >= 0.6 is 0 Å². The summed E-state index contributed by atoms with van der Waals surface area (Å²) in [5, 5.41) is 20.0. The van der Waals surface area contributed by atoms with Gasteiger partial charge in [0.15, 0.2) is 0 Å². The van der Waals surface area contributed by atoms with Crippen molar-refractivity contribution in [2.75, 3.05) is 6.54 Å². The highest BCUT2D eigenvalue weighted by Gasteiger charge is 2.54. The second kappa shape index (κ2) is 6.10. The molecule has 0 radical (unpaired) electrons. The van der Waals surface area contributed by atoms with Crippen LogP contribution in [0, 0.1) is 10.1 Å². The number of hydrogen-bond acceptors (Lipinski definition) is 5. The zero-order chi connectivity index (χ0) is 16.3. The summed E-state index contributed by atoms with van der Waals surface area (Å²) < 4.78 is 4.41. The van der Waals surface area contributed by atoms with Gasteiger partial charge < -0.3 is 9.84 Å². The van der Waals surface area contributed by atoms with Crippen LogP contribution in [0.1, 0.15) is 25.3 Å². The minimum Gasteiger partial charge on any atom is -0.435 e. The molecule has 22 heavy (non-hydrogen) atoms. The first-order valence-corrected chi connectivity index (χ1v) is 6.90. The standard InChI is InChI=1S/C14H16N2O6/c1-10-3-2-8-16(10,13(17)18)14(19)22-9-11-4-6-12(7-5-11)15(20)21/h4-7,10H,2-3,8-9H2,1H3/p+1/t10-,16?/m1/s1. The summed E-state index contributed by atoms with van der Waals surface area (Å²) in [5.74, 6) is 0. The van der Waals surface area contributed by atoms with Crippen LogP contribution in [0.2, 0.25) is 0 Å². The molecule has 118 valence electrons. The summed E-state index contributed by atoms with van der Waals surface area (Å²) in [6.07, 6.45) is -0.700. The Kier molecular flexibility index (Phi) is 4.41. The first-order chi connectivity index (χ1) is 10.4. The van der Waals surface area contributed by atoms with Gasteiger partial charge in [0.1, 0.15) is 19.2 Å². The van der Waals surface area contributed by atoms with E-state index in [-0.39, 0.29) is 24.9 Å². The van der Waals surface area contributed by atoms with Crippen molar-refractivity contribution in [3.8, 4) is 0 Å². The number of quaternary nitrogens is 1. The van der Waals surface area contributed by atoms with E-state index in [0.29, 0.717) is 18.4 Å². The minimum atomic E-state index is -1.21.